The first-order chi connectivity index (χ1) is 14.1. The second-order valence-corrected chi connectivity index (χ2v) is 8.98. The van der Waals surface area contributed by atoms with Crippen molar-refractivity contribution in [1.82, 2.24) is 0 Å². The molecule has 2 aromatic rings. The molecule has 4 atom stereocenters. The summed E-state index contributed by atoms with van der Waals surface area (Å²) in [6, 6.07) is 7.53. The van der Waals surface area contributed by atoms with E-state index in [4.69, 9.17) is 4.74 Å². The van der Waals surface area contributed by atoms with Crippen molar-refractivity contribution in [3.05, 3.63) is 53.6 Å². The molecule has 156 valence electrons. The number of fused-ring (bicyclic) bond motifs is 2. The van der Waals surface area contributed by atoms with E-state index in [-0.39, 0.29) is 12.4 Å². The first-order valence-electron chi connectivity index (χ1n) is 11.3. The van der Waals surface area contributed by atoms with Crippen molar-refractivity contribution in [2.45, 2.75) is 64.7 Å². The summed E-state index contributed by atoms with van der Waals surface area (Å²) < 4.78 is 34.7. The van der Waals surface area contributed by atoms with Crippen LogP contribution in [0.3, 0.4) is 0 Å². The van der Waals surface area contributed by atoms with E-state index < -0.39 is 11.6 Å². The first kappa shape index (κ1) is 20.4. The Hall–Kier alpha value is -1.90. The molecule has 3 heteroatoms. The maximum Gasteiger partial charge on any atom is 0.201 e. The zero-order chi connectivity index (χ0) is 20.4. The lowest BCUT2D eigenvalue weighted by atomic mass is 9.63. The van der Waals surface area contributed by atoms with Crippen LogP contribution in [0.2, 0.25) is 0 Å². The lowest BCUT2D eigenvalue weighted by Crippen LogP contribution is -2.30. The molecule has 0 spiro atoms. The predicted octanol–water partition coefficient (Wildman–Crippen LogP) is 7.78. The minimum absolute atomic E-state index is 0.0194. The van der Waals surface area contributed by atoms with E-state index in [9.17, 15) is 8.78 Å². The average molecular weight is 399 g/mol. The Morgan fingerprint density at radius 1 is 1.00 bits per heavy atom. The van der Waals surface area contributed by atoms with Crippen molar-refractivity contribution in [2.75, 3.05) is 6.61 Å². The Morgan fingerprint density at radius 3 is 2.59 bits per heavy atom. The minimum Gasteiger partial charge on any atom is -0.486 e. The van der Waals surface area contributed by atoms with Gasteiger partial charge in [-0.2, -0.15) is 4.39 Å². The van der Waals surface area contributed by atoms with Crippen LogP contribution in [0.5, 0.6) is 5.75 Å². The molecule has 0 N–H and O–H groups in total. The molecule has 0 amide bonds. The van der Waals surface area contributed by atoms with Crippen LogP contribution in [0, 0.1) is 29.4 Å². The molecule has 2 aromatic carbocycles. The molecule has 2 aliphatic carbocycles. The van der Waals surface area contributed by atoms with Gasteiger partial charge in [0.2, 0.25) is 5.82 Å². The van der Waals surface area contributed by atoms with Crippen LogP contribution < -0.4 is 4.74 Å². The van der Waals surface area contributed by atoms with Crippen LogP contribution in [0.4, 0.5) is 8.78 Å². The standard InChI is InChI=1S/C26H32F2O/c1-3-5-12-29-24-16-22-11-10-21(15-23(22)25(27)26(24)28)20-9-8-18-13-17(4-2)6-7-19(18)14-20/h3,5,10-11,15-20H,4,6-9,12-14H2,1-2H3/b5-3+/t17?,18-,19?,20-/m1/s1. The van der Waals surface area contributed by atoms with Gasteiger partial charge in [0, 0.05) is 5.39 Å². The fourth-order valence-electron chi connectivity index (χ4n) is 5.57. The minimum atomic E-state index is -0.888. The predicted molar refractivity (Wildman–Crippen MR) is 115 cm³/mol. The van der Waals surface area contributed by atoms with E-state index in [0.717, 1.165) is 29.7 Å². The fourth-order valence-corrected chi connectivity index (χ4v) is 5.57. The maximum atomic E-state index is 14.8. The first-order valence-corrected chi connectivity index (χ1v) is 11.3. The van der Waals surface area contributed by atoms with Gasteiger partial charge in [0.15, 0.2) is 11.6 Å². The van der Waals surface area contributed by atoms with Gasteiger partial charge in [-0.1, -0.05) is 44.1 Å². The van der Waals surface area contributed by atoms with Crippen molar-refractivity contribution in [3.63, 3.8) is 0 Å². The highest BCUT2D eigenvalue weighted by Crippen LogP contribution is 2.48. The fraction of sp³-hybridized carbons (Fsp3) is 0.538. The highest BCUT2D eigenvalue weighted by molar-refractivity contribution is 5.85. The van der Waals surface area contributed by atoms with Gasteiger partial charge < -0.3 is 4.74 Å². The number of halogens is 2. The van der Waals surface area contributed by atoms with Crippen LogP contribution in [-0.2, 0) is 0 Å². The van der Waals surface area contributed by atoms with Gasteiger partial charge in [-0.25, -0.2) is 4.39 Å². The van der Waals surface area contributed by atoms with Gasteiger partial charge in [0.1, 0.15) is 6.61 Å². The molecule has 2 unspecified atom stereocenters. The van der Waals surface area contributed by atoms with E-state index in [1.54, 1.807) is 12.1 Å². The van der Waals surface area contributed by atoms with Crippen molar-refractivity contribution in [3.8, 4) is 5.75 Å². The van der Waals surface area contributed by atoms with Crippen molar-refractivity contribution in [2.24, 2.45) is 17.8 Å². The van der Waals surface area contributed by atoms with E-state index in [1.165, 1.54) is 38.5 Å². The molecule has 2 saturated carbocycles. The molecule has 2 aliphatic rings. The van der Waals surface area contributed by atoms with E-state index in [0.29, 0.717) is 16.7 Å². The van der Waals surface area contributed by atoms with E-state index >= 15 is 0 Å². The summed E-state index contributed by atoms with van der Waals surface area (Å²) in [5.74, 6) is 1.35. The lowest BCUT2D eigenvalue weighted by molar-refractivity contribution is 0.116. The molecule has 0 aromatic heterocycles. The topological polar surface area (TPSA) is 9.23 Å². The molecule has 0 saturated heterocycles. The smallest absolute Gasteiger partial charge is 0.201 e. The molecule has 29 heavy (non-hydrogen) atoms. The zero-order valence-corrected chi connectivity index (χ0v) is 17.6. The third-order valence-electron chi connectivity index (χ3n) is 7.35. The quantitative estimate of drug-likeness (QED) is 0.467. The SMILES string of the molecule is C/C=C/COc1cc2ccc([C@@H]3CC[C@@H]4CC(CC)CCC4C3)cc2c(F)c1F. The summed E-state index contributed by atoms with van der Waals surface area (Å²) in [5.41, 5.74) is 1.16. The number of allylic oxidation sites excluding steroid dienone is 1. The van der Waals surface area contributed by atoms with Crippen LogP contribution in [0.25, 0.3) is 10.8 Å². The molecule has 0 radical (unpaired) electrons. The number of rotatable bonds is 5. The normalized spacial score (nSPS) is 27.3. The second kappa shape index (κ2) is 8.85. The number of hydrogen-bond donors (Lipinski definition) is 0. The molecule has 4 rings (SSSR count). The summed E-state index contributed by atoms with van der Waals surface area (Å²) in [5, 5.41) is 1.07. The molecule has 1 nitrogen and oxygen atoms in total. The molecular weight excluding hydrogens is 366 g/mol. The number of benzene rings is 2. The van der Waals surface area contributed by atoms with Crippen molar-refractivity contribution in [1.29, 1.82) is 0 Å². The lowest BCUT2D eigenvalue weighted by Gasteiger charge is -2.42. The summed E-state index contributed by atoms with van der Waals surface area (Å²) in [6.07, 6.45) is 12.6. The largest absolute Gasteiger partial charge is 0.486 e. The van der Waals surface area contributed by atoms with Gasteiger partial charge in [0.25, 0.3) is 0 Å². The van der Waals surface area contributed by atoms with Crippen LogP contribution in [-0.4, -0.2) is 6.61 Å². The van der Waals surface area contributed by atoms with E-state index in [1.807, 2.05) is 25.1 Å². The zero-order valence-electron chi connectivity index (χ0n) is 17.6. The van der Waals surface area contributed by atoms with Gasteiger partial charge in [-0.3, -0.25) is 0 Å². The van der Waals surface area contributed by atoms with Crippen LogP contribution in [0.15, 0.2) is 36.4 Å². The Morgan fingerprint density at radius 2 is 1.79 bits per heavy atom. The number of hydrogen-bond acceptors (Lipinski definition) is 1. The summed E-state index contributed by atoms with van der Waals surface area (Å²) in [7, 11) is 0. The Labute approximate surface area is 173 Å². The summed E-state index contributed by atoms with van der Waals surface area (Å²) in [6.45, 7) is 4.42. The van der Waals surface area contributed by atoms with Gasteiger partial charge >= 0.3 is 0 Å². The molecule has 0 aliphatic heterocycles. The molecule has 0 heterocycles. The molecular formula is C26H32F2O. The Kier molecular flexibility index (Phi) is 6.22. The highest BCUT2D eigenvalue weighted by Gasteiger charge is 2.35. The third kappa shape index (κ3) is 4.20. The van der Waals surface area contributed by atoms with Crippen LogP contribution in [0.1, 0.15) is 70.3 Å². The third-order valence-corrected chi connectivity index (χ3v) is 7.35. The Balaban J connectivity index is 1.55. The van der Waals surface area contributed by atoms with Gasteiger partial charge in [-0.05, 0) is 85.8 Å². The average Bonchev–Trinajstić information content (AvgIpc) is 2.76. The summed E-state index contributed by atoms with van der Waals surface area (Å²) >= 11 is 0. The van der Waals surface area contributed by atoms with Gasteiger partial charge in [0.05, 0.1) is 0 Å². The van der Waals surface area contributed by atoms with Gasteiger partial charge in [-0.15, -0.1) is 0 Å². The van der Waals surface area contributed by atoms with Crippen molar-refractivity contribution >= 4 is 10.8 Å². The monoisotopic (exact) mass is 398 g/mol. The Bertz CT molecular complexity index is 888. The summed E-state index contributed by atoms with van der Waals surface area (Å²) in [4.78, 5) is 0. The van der Waals surface area contributed by atoms with Crippen LogP contribution >= 0.6 is 0 Å². The number of ether oxygens (including phenoxy) is 1. The molecule has 0 bridgehead atoms. The highest BCUT2D eigenvalue weighted by atomic mass is 19.2. The van der Waals surface area contributed by atoms with Crippen molar-refractivity contribution < 1.29 is 13.5 Å². The van der Waals surface area contributed by atoms with E-state index in [2.05, 4.69) is 13.0 Å². The second-order valence-electron chi connectivity index (χ2n) is 8.98. The maximum absolute atomic E-state index is 14.8. The molecule has 2 fully saturated rings.